The normalized spacial score (nSPS) is 15.8. The number of anilines is 1. The van der Waals surface area contributed by atoms with Crippen LogP contribution in [0.15, 0.2) is 64.7 Å². The number of aromatic nitrogens is 1. The molecule has 2 aromatic carbocycles. The molecule has 0 bridgehead atoms. The number of fused-ring (bicyclic) bond motifs is 1. The minimum Gasteiger partial charge on any atom is -0.370 e. The maximum atomic E-state index is 12.3. The summed E-state index contributed by atoms with van der Waals surface area (Å²) in [4.78, 5) is 35.8. The smallest absolute Gasteiger partial charge is 0.234 e. The zero-order valence-corrected chi connectivity index (χ0v) is 17.0. The maximum Gasteiger partial charge on any atom is 0.234 e. The quantitative estimate of drug-likeness (QED) is 0.472. The molecule has 5 N–H and O–H groups in total. The van der Waals surface area contributed by atoms with Crippen molar-refractivity contribution in [3.8, 4) is 0 Å². The number of guanidine groups is 1. The molecule has 1 aliphatic rings. The molecule has 3 aromatic rings. The Morgan fingerprint density at radius 1 is 1.13 bits per heavy atom. The number of para-hydroxylation sites is 1. The number of hydrogen-bond acceptors (Lipinski definition) is 7. The number of Topliss-reactive ketones (excluding diaryl/α,β-unsaturated/α-hetero) is 1. The van der Waals surface area contributed by atoms with Gasteiger partial charge in [-0.25, -0.2) is 9.98 Å². The second-order valence-electron chi connectivity index (χ2n) is 6.71. The molecule has 0 radical (unpaired) electrons. The van der Waals surface area contributed by atoms with Crippen LogP contribution in [-0.2, 0) is 4.79 Å². The Morgan fingerprint density at radius 3 is 2.67 bits per heavy atom. The Morgan fingerprint density at radius 2 is 1.90 bits per heavy atom. The zero-order valence-electron chi connectivity index (χ0n) is 16.2. The van der Waals surface area contributed by atoms with E-state index in [2.05, 4.69) is 25.6 Å². The predicted octanol–water partition coefficient (Wildman–Crippen LogP) is 3.01. The van der Waals surface area contributed by atoms with Gasteiger partial charge in [0.15, 0.2) is 23.1 Å². The fraction of sp³-hybridized carbons (Fsp3) is 0.143. The Hall–Kier alpha value is -3.59. The van der Waals surface area contributed by atoms with Crippen molar-refractivity contribution < 1.29 is 9.59 Å². The summed E-state index contributed by atoms with van der Waals surface area (Å²) in [6.45, 7) is 1.50. The van der Waals surface area contributed by atoms with Gasteiger partial charge >= 0.3 is 0 Å². The molecule has 0 spiro atoms. The molecule has 9 heteroatoms. The Balaban J connectivity index is 1.41. The summed E-state index contributed by atoms with van der Waals surface area (Å²) in [5.74, 6) is 0.190. The van der Waals surface area contributed by atoms with Gasteiger partial charge in [-0.15, -0.1) is 0 Å². The first-order valence-electron chi connectivity index (χ1n) is 9.27. The van der Waals surface area contributed by atoms with Gasteiger partial charge in [0, 0.05) is 33.9 Å². The SMILES string of the molecule is CC(=O)c1ccc(NC(=O)CSC2=NC(c3c[nH]c4ccccc34)N=C(N)N2)cc1. The van der Waals surface area contributed by atoms with Gasteiger partial charge in [-0.2, -0.15) is 0 Å². The lowest BCUT2D eigenvalue weighted by atomic mass is 10.1. The number of aromatic amines is 1. The molecule has 8 nitrogen and oxygen atoms in total. The van der Waals surface area contributed by atoms with Crippen molar-refractivity contribution in [3.05, 3.63) is 65.9 Å². The number of amides is 1. The first kappa shape index (κ1) is 19.7. The standard InChI is InChI=1S/C21H20N6O2S/c1-12(28)13-6-8-14(9-7-13)24-18(29)11-30-21-26-19(25-20(22)27-21)16-10-23-17-5-3-2-4-15(16)17/h2-10,19,23H,11H2,1H3,(H,24,29)(H3,22,25,26,27). The van der Waals surface area contributed by atoms with E-state index >= 15 is 0 Å². The maximum absolute atomic E-state index is 12.3. The number of hydrogen-bond donors (Lipinski definition) is 4. The Kier molecular flexibility index (Phi) is 5.53. The second kappa shape index (κ2) is 8.42. The van der Waals surface area contributed by atoms with Crippen molar-refractivity contribution in [2.24, 2.45) is 15.7 Å². The van der Waals surface area contributed by atoms with E-state index < -0.39 is 6.17 Å². The van der Waals surface area contributed by atoms with Crippen molar-refractivity contribution in [1.82, 2.24) is 10.3 Å². The van der Waals surface area contributed by atoms with Gasteiger partial charge in [-0.1, -0.05) is 30.0 Å². The molecule has 1 aromatic heterocycles. The van der Waals surface area contributed by atoms with Crippen LogP contribution in [0, 0.1) is 0 Å². The van der Waals surface area contributed by atoms with Crippen LogP contribution >= 0.6 is 11.8 Å². The van der Waals surface area contributed by atoms with Crippen LogP contribution in [0.1, 0.15) is 29.0 Å². The van der Waals surface area contributed by atoms with E-state index in [0.717, 1.165) is 16.5 Å². The van der Waals surface area contributed by atoms with Gasteiger partial charge in [0.2, 0.25) is 5.91 Å². The van der Waals surface area contributed by atoms with Crippen LogP contribution in [0.25, 0.3) is 10.9 Å². The van der Waals surface area contributed by atoms with E-state index in [1.165, 1.54) is 18.7 Å². The number of carbonyl (C=O) groups is 2. The highest BCUT2D eigenvalue weighted by Gasteiger charge is 2.20. The van der Waals surface area contributed by atoms with Gasteiger partial charge in [0.1, 0.15) is 0 Å². The number of nitrogens with zero attached hydrogens (tertiary/aromatic N) is 2. The number of H-pyrrole nitrogens is 1. The number of carbonyl (C=O) groups excluding carboxylic acids is 2. The highest BCUT2D eigenvalue weighted by molar-refractivity contribution is 8.14. The Bertz CT molecular complexity index is 1170. The average molecular weight is 420 g/mol. The number of rotatable bonds is 5. The predicted molar refractivity (Wildman–Crippen MR) is 121 cm³/mol. The van der Waals surface area contributed by atoms with Crippen molar-refractivity contribution >= 4 is 51.2 Å². The summed E-state index contributed by atoms with van der Waals surface area (Å²) in [5, 5.41) is 7.27. The van der Waals surface area contributed by atoms with Crippen LogP contribution in [-0.4, -0.2) is 33.6 Å². The highest BCUT2D eigenvalue weighted by Crippen LogP contribution is 2.29. The largest absolute Gasteiger partial charge is 0.370 e. The van der Waals surface area contributed by atoms with Crippen molar-refractivity contribution in [3.63, 3.8) is 0 Å². The van der Waals surface area contributed by atoms with Crippen LogP contribution in [0.5, 0.6) is 0 Å². The average Bonchev–Trinajstić information content (AvgIpc) is 3.16. The van der Waals surface area contributed by atoms with E-state index in [4.69, 9.17) is 5.73 Å². The fourth-order valence-corrected chi connectivity index (χ4v) is 3.78. The molecular formula is C21H20N6O2S. The fourth-order valence-electron chi connectivity index (χ4n) is 3.09. The van der Waals surface area contributed by atoms with Gasteiger partial charge in [0.25, 0.3) is 0 Å². The van der Waals surface area contributed by atoms with Crippen LogP contribution in [0.3, 0.4) is 0 Å². The van der Waals surface area contributed by atoms with E-state index in [-0.39, 0.29) is 23.4 Å². The van der Waals surface area contributed by atoms with E-state index in [9.17, 15) is 9.59 Å². The molecular weight excluding hydrogens is 400 g/mol. The molecule has 0 saturated carbocycles. The molecule has 0 fully saturated rings. The first-order chi connectivity index (χ1) is 14.5. The lowest BCUT2D eigenvalue weighted by Gasteiger charge is -2.18. The molecule has 0 saturated heterocycles. The van der Waals surface area contributed by atoms with Crippen molar-refractivity contribution in [2.45, 2.75) is 13.1 Å². The van der Waals surface area contributed by atoms with Crippen LogP contribution in [0.2, 0.25) is 0 Å². The number of nitrogens with two attached hydrogens (primary N) is 1. The Labute approximate surface area is 177 Å². The third kappa shape index (κ3) is 4.36. The van der Waals surface area contributed by atoms with Gasteiger partial charge in [-0.3, -0.25) is 9.59 Å². The minimum absolute atomic E-state index is 0.0196. The molecule has 152 valence electrons. The molecule has 4 rings (SSSR count). The minimum atomic E-state index is -0.480. The number of aliphatic imine (C=N–C) groups is 2. The lowest BCUT2D eigenvalue weighted by molar-refractivity contribution is -0.113. The third-order valence-corrected chi connectivity index (χ3v) is 5.44. The molecule has 1 unspecified atom stereocenters. The number of thioether (sulfide) groups is 1. The molecule has 1 aliphatic heterocycles. The topological polar surface area (TPSA) is 125 Å². The van der Waals surface area contributed by atoms with Crippen LogP contribution in [0.4, 0.5) is 5.69 Å². The van der Waals surface area contributed by atoms with E-state index in [1.807, 2.05) is 30.5 Å². The van der Waals surface area contributed by atoms with Gasteiger partial charge in [-0.05, 0) is 37.3 Å². The summed E-state index contributed by atoms with van der Waals surface area (Å²) in [5.41, 5.74) is 9.08. The zero-order chi connectivity index (χ0) is 21.1. The van der Waals surface area contributed by atoms with E-state index in [0.29, 0.717) is 16.4 Å². The van der Waals surface area contributed by atoms with Crippen molar-refractivity contribution in [2.75, 3.05) is 11.1 Å². The first-order valence-corrected chi connectivity index (χ1v) is 10.3. The monoisotopic (exact) mass is 420 g/mol. The summed E-state index contributed by atoms with van der Waals surface area (Å²) in [6.07, 6.45) is 1.40. The summed E-state index contributed by atoms with van der Waals surface area (Å²) >= 11 is 1.24. The summed E-state index contributed by atoms with van der Waals surface area (Å²) in [7, 11) is 0. The molecule has 2 heterocycles. The second-order valence-corrected chi connectivity index (χ2v) is 7.67. The molecule has 0 aliphatic carbocycles. The molecule has 1 amide bonds. The molecule has 1 atom stereocenters. The van der Waals surface area contributed by atoms with Crippen molar-refractivity contribution in [1.29, 1.82) is 0 Å². The number of amidine groups is 1. The van der Waals surface area contributed by atoms with Crippen LogP contribution < -0.4 is 16.4 Å². The number of ketones is 1. The summed E-state index contributed by atoms with van der Waals surface area (Å²) < 4.78 is 0. The van der Waals surface area contributed by atoms with E-state index in [1.54, 1.807) is 24.3 Å². The van der Waals surface area contributed by atoms with Gasteiger partial charge < -0.3 is 21.4 Å². The molecule has 30 heavy (non-hydrogen) atoms. The highest BCUT2D eigenvalue weighted by atomic mass is 32.2. The third-order valence-electron chi connectivity index (χ3n) is 4.55. The lowest BCUT2D eigenvalue weighted by Crippen LogP contribution is -2.39. The summed E-state index contributed by atoms with van der Waals surface area (Å²) in [6, 6.07) is 14.7. The number of nitrogens with one attached hydrogen (secondary N) is 3. The number of benzene rings is 2. The van der Waals surface area contributed by atoms with Gasteiger partial charge in [0.05, 0.1) is 5.75 Å².